The van der Waals surface area contributed by atoms with E-state index in [0.717, 1.165) is 116 Å². The van der Waals surface area contributed by atoms with Gasteiger partial charge in [0.1, 0.15) is 0 Å². The number of nitrogens with two attached hydrogens (primary N) is 6. The zero-order chi connectivity index (χ0) is 24.3. The molecule has 0 radical (unpaired) electrons. The lowest BCUT2D eigenvalue weighted by Crippen LogP contribution is -2.25. The van der Waals surface area contributed by atoms with E-state index >= 15 is 0 Å². The molecule has 0 bridgehead atoms. The summed E-state index contributed by atoms with van der Waals surface area (Å²) in [5.74, 6) is 0. The van der Waals surface area contributed by atoms with Gasteiger partial charge in [-0.15, -0.1) is 0 Å². The summed E-state index contributed by atoms with van der Waals surface area (Å²) in [6.45, 7) is 2.29. The van der Waals surface area contributed by atoms with E-state index < -0.39 is 0 Å². The lowest BCUT2D eigenvalue weighted by Gasteiger charge is -2.18. The van der Waals surface area contributed by atoms with Gasteiger partial charge < -0.3 is 34.4 Å². The van der Waals surface area contributed by atoms with Crippen molar-refractivity contribution in [1.29, 1.82) is 0 Å². The summed E-state index contributed by atoms with van der Waals surface area (Å²) in [5, 5.41) is 0. The monoisotopic (exact) mass is 462 g/mol. The molecule has 1 aromatic carbocycles. The minimum atomic E-state index is 0.181. The SMILES string of the molecule is NCCCCCC(N)Cc1cc(CC(N)CCCCCN)cc(CC(N)CCCCCN)c1. The molecule has 0 spiro atoms. The van der Waals surface area contributed by atoms with E-state index in [9.17, 15) is 0 Å². The zero-order valence-electron chi connectivity index (χ0n) is 21.2. The van der Waals surface area contributed by atoms with Crippen molar-refractivity contribution >= 4 is 0 Å². The molecule has 0 aliphatic heterocycles. The molecule has 33 heavy (non-hydrogen) atoms. The Bertz CT molecular complexity index is 501. The van der Waals surface area contributed by atoms with Gasteiger partial charge in [0.25, 0.3) is 0 Å². The van der Waals surface area contributed by atoms with E-state index in [2.05, 4.69) is 18.2 Å². The van der Waals surface area contributed by atoms with Gasteiger partial charge in [0.05, 0.1) is 0 Å². The largest absolute Gasteiger partial charge is 0.330 e. The molecule has 3 atom stereocenters. The van der Waals surface area contributed by atoms with Crippen molar-refractivity contribution in [2.75, 3.05) is 19.6 Å². The molecule has 0 aromatic heterocycles. The van der Waals surface area contributed by atoms with Gasteiger partial charge in [0.15, 0.2) is 0 Å². The van der Waals surface area contributed by atoms with Crippen molar-refractivity contribution in [1.82, 2.24) is 0 Å². The maximum absolute atomic E-state index is 6.48. The van der Waals surface area contributed by atoms with Crippen LogP contribution in [0.25, 0.3) is 0 Å². The molecule has 0 fully saturated rings. The third kappa shape index (κ3) is 15.5. The molecule has 0 aliphatic rings. The molecule has 0 aliphatic carbocycles. The standard InChI is InChI=1S/C27H54N6/c28-13-7-1-4-10-25(31)19-22-16-23(20-26(32)11-5-2-8-14-29)18-24(17-22)21-27(33)12-6-3-9-15-30/h16-18,25-27H,1-15,19-21,28-33H2. The van der Waals surface area contributed by atoms with Crippen molar-refractivity contribution in [2.24, 2.45) is 34.4 Å². The Morgan fingerprint density at radius 2 is 0.697 bits per heavy atom. The fourth-order valence-electron chi connectivity index (χ4n) is 4.59. The maximum Gasteiger partial charge on any atom is 0.00793 e. The summed E-state index contributed by atoms with van der Waals surface area (Å²) in [5.41, 5.74) is 40.2. The molecule has 1 rings (SSSR count). The molecule has 0 amide bonds. The topological polar surface area (TPSA) is 156 Å². The lowest BCUT2D eigenvalue weighted by atomic mass is 9.92. The van der Waals surface area contributed by atoms with Crippen LogP contribution in [0, 0.1) is 0 Å². The second-order valence-electron chi connectivity index (χ2n) is 9.96. The second kappa shape index (κ2) is 19.3. The smallest absolute Gasteiger partial charge is 0.00793 e. The van der Waals surface area contributed by atoms with Crippen LogP contribution >= 0.6 is 0 Å². The van der Waals surface area contributed by atoms with Crippen LogP contribution < -0.4 is 34.4 Å². The summed E-state index contributed by atoms with van der Waals surface area (Å²) in [4.78, 5) is 0. The third-order valence-electron chi connectivity index (χ3n) is 6.44. The normalized spacial score (nSPS) is 14.4. The number of hydrogen-bond donors (Lipinski definition) is 6. The molecule has 12 N–H and O–H groups in total. The van der Waals surface area contributed by atoms with Crippen LogP contribution in [0.4, 0.5) is 0 Å². The molecule has 6 heteroatoms. The van der Waals surface area contributed by atoms with Gasteiger partial charge in [-0.25, -0.2) is 0 Å². The van der Waals surface area contributed by atoms with Crippen LogP contribution in [0.5, 0.6) is 0 Å². The molecule has 6 nitrogen and oxygen atoms in total. The van der Waals surface area contributed by atoms with E-state index in [1.54, 1.807) is 0 Å². The zero-order valence-corrected chi connectivity index (χ0v) is 21.2. The highest BCUT2D eigenvalue weighted by molar-refractivity contribution is 5.32. The van der Waals surface area contributed by atoms with E-state index in [1.165, 1.54) is 16.7 Å². The first kappa shape index (κ1) is 30.0. The Kier molecular flexibility index (Phi) is 17.6. The van der Waals surface area contributed by atoms with Gasteiger partial charge in [-0.2, -0.15) is 0 Å². The highest BCUT2D eigenvalue weighted by Crippen LogP contribution is 2.19. The van der Waals surface area contributed by atoms with Gasteiger partial charge >= 0.3 is 0 Å². The quantitative estimate of drug-likeness (QED) is 0.154. The van der Waals surface area contributed by atoms with Crippen molar-refractivity contribution < 1.29 is 0 Å². The lowest BCUT2D eigenvalue weighted by molar-refractivity contribution is 0.542. The van der Waals surface area contributed by atoms with E-state index in [1.807, 2.05) is 0 Å². The van der Waals surface area contributed by atoms with Crippen molar-refractivity contribution in [3.8, 4) is 0 Å². The Morgan fingerprint density at radius 1 is 0.424 bits per heavy atom. The molecule has 0 heterocycles. The van der Waals surface area contributed by atoms with Crippen LogP contribution in [0.2, 0.25) is 0 Å². The molecule has 0 saturated heterocycles. The summed E-state index contributed by atoms with van der Waals surface area (Å²) in [6, 6.07) is 7.49. The van der Waals surface area contributed by atoms with Crippen molar-refractivity contribution in [2.45, 2.75) is 114 Å². The predicted octanol–water partition coefficient (Wildman–Crippen LogP) is 2.85. The van der Waals surface area contributed by atoms with Gasteiger partial charge in [0, 0.05) is 18.1 Å². The van der Waals surface area contributed by atoms with Crippen LogP contribution in [0.15, 0.2) is 18.2 Å². The summed E-state index contributed by atoms with van der Waals surface area (Å²) < 4.78 is 0. The Labute approximate surface area is 203 Å². The summed E-state index contributed by atoms with van der Waals surface area (Å²) in [7, 11) is 0. The van der Waals surface area contributed by atoms with Crippen molar-refractivity contribution in [3.63, 3.8) is 0 Å². The van der Waals surface area contributed by atoms with Crippen molar-refractivity contribution in [3.05, 3.63) is 34.9 Å². The average molecular weight is 463 g/mol. The minimum Gasteiger partial charge on any atom is -0.330 e. The third-order valence-corrected chi connectivity index (χ3v) is 6.44. The van der Waals surface area contributed by atoms with Gasteiger partial charge in [0.2, 0.25) is 0 Å². The van der Waals surface area contributed by atoms with E-state index in [-0.39, 0.29) is 18.1 Å². The predicted molar refractivity (Wildman–Crippen MR) is 144 cm³/mol. The maximum atomic E-state index is 6.48. The van der Waals surface area contributed by atoms with Gasteiger partial charge in [-0.3, -0.25) is 0 Å². The highest BCUT2D eigenvalue weighted by atomic mass is 14.6. The molecular formula is C27H54N6. The Hall–Kier alpha value is -1.02. The molecule has 1 aromatic rings. The number of rotatable bonds is 21. The number of hydrogen-bond acceptors (Lipinski definition) is 6. The summed E-state index contributed by atoms with van der Waals surface area (Å²) in [6.07, 6.45) is 16.0. The first-order valence-corrected chi connectivity index (χ1v) is 13.5. The molecule has 192 valence electrons. The van der Waals surface area contributed by atoms with Crippen LogP contribution in [0.3, 0.4) is 0 Å². The van der Waals surface area contributed by atoms with Gasteiger partial charge in [-0.05, 0) is 94.1 Å². The van der Waals surface area contributed by atoms with Crippen LogP contribution in [-0.2, 0) is 19.3 Å². The fraction of sp³-hybridized carbons (Fsp3) is 0.778. The fourth-order valence-corrected chi connectivity index (χ4v) is 4.59. The molecular weight excluding hydrogens is 408 g/mol. The highest BCUT2D eigenvalue weighted by Gasteiger charge is 2.12. The Balaban J connectivity index is 2.75. The Morgan fingerprint density at radius 3 is 0.939 bits per heavy atom. The second-order valence-corrected chi connectivity index (χ2v) is 9.96. The van der Waals surface area contributed by atoms with E-state index in [4.69, 9.17) is 34.4 Å². The van der Waals surface area contributed by atoms with Crippen LogP contribution in [0.1, 0.15) is 93.7 Å². The average Bonchev–Trinajstić information content (AvgIpc) is 2.77. The van der Waals surface area contributed by atoms with Crippen LogP contribution in [-0.4, -0.2) is 37.8 Å². The molecule has 3 unspecified atom stereocenters. The first-order chi connectivity index (χ1) is 16.0. The van der Waals surface area contributed by atoms with E-state index in [0.29, 0.717) is 0 Å². The first-order valence-electron chi connectivity index (χ1n) is 13.5. The molecule has 0 saturated carbocycles. The summed E-state index contributed by atoms with van der Waals surface area (Å²) >= 11 is 0. The number of unbranched alkanes of at least 4 members (excludes halogenated alkanes) is 6. The minimum absolute atomic E-state index is 0.181. The number of benzene rings is 1. The van der Waals surface area contributed by atoms with Gasteiger partial charge in [-0.1, -0.05) is 56.7 Å².